The third kappa shape index (κ3) is 3.39. The summed E-state index contributed by atoms with van der Waals surface area (Å²) in [7, 11) is 0. The molecule has 0 spiro atoms. The maximum Gasteiger partial charge on any atom is 0.257 e. The Bertz CT molecular complexity index is 562. The summed E-state index contributed by atoms with van der Waals surface area (Å²) in [5, 5.41) is 5.84. The standard InChI is InChI=1S/C15H20FN3O2/c1-9-10(2)19(7-6-17-9)15(21)13-8-12(18-11(3)20)4-5-14(13)16/h4-5,8-10,17H,6-7H2,1-3H3,(H,18,20). The topological polar surface area (TPSA) is 61.4 Å². The molecular weight excluding hydrogens is 273 g/mol. The molecule has 2 unspecified atom stereocenters. The fraction of sp³-hybridized carbons (Fsp3) is 0.467. The first-order valence-electron chi connectivity index (χ1n) is 7.01. The molecule has 2 atom stereocenters. The van der Waals surface area contributed by atoms with Gasteiger partial charge in [0.15, 0.2) is 0 Å². The van der Waals surface area contributed by atoms with Crippen molar-refractivity contribution in [3.63, 3.8) is 0 Å². The van der Waals surface area contributed by atoms with Crippen LogP contribution in [0.5, 0.6) is 0 Å². The van der Waals surface area contributed by atoms with Crippen molar-refractivity contribution >= 4 is 17.5 Å². The van der Waals surface area contributed by atoms with E-state index in [1.165, 1.54) is 25.1 Å². The van der Waals surface area contributed by atoms with Crippen LogP contribution in [0.25, 0.3) is 0 Å². The van der Waals surface area contributed by atoms with Crippen molar-refractivity contribution < 1.29 is 14.0 Å². The SMILES string of the molecule is CC(=O)Nc1ccc(F)c(C(=O)N2CCNC(C)C2C)c1. The van der Waals surface area contributed by atoms with Gasteiger partial charge in [0, 0.05) is 37.8 Å². The molecule has 1 aromatic carbocycles. The Morgan fingerprint density at radius 1 is 1.38 bits per heavy atom. The lowest BCUT2D eigenvalue weighted by Crippen LogP contribution is -2.57. The molecule has 2 rings (SSSR count). The summed E-state index contributed by atoms with van der Waals surface area (Å²) in [5.74, 6) is -1.18. The van der Waals surface area contributed by atoms with Crippen LogP contribution in [0.4, 0.5) is 10.1 Å². The molecule has 2 N–H and O–H groups in total. The van der Waals surface area contributed by atoms with E-state index in [1.54, 1.807) is 4.90 Å². The van der Waals surface area contributed by atoms with Crippen LogP contribution in [0, 0.1) is 5.82 Å². The molecule has 1 fully saturated rings. The highest BCUT2D eigenvalue weighted by Gasteiger charge is 2.30. The summed E-state index contributed by atoms with van der Waals surface area (Å²) in [6.07, 6.45) is 0. The van der Waals surface area contributed by atoms with E-state index >= 15 is 0 Å². The van der Waals surface area contributed by atoms with Crippen LogP contribution in [-0.2, 0) is 4.79 Å². The van der Waals surface area contributed by atoms with Gasteiger partial charge in [-0.2, -0.15) is 0 Å². The average Bonchev–Trinajstić information content (AvgIpc) is 2.43. The van der Waals surface area contributed by atoms with Gasteiger partial charge in [-0.3, -0.25) is 9.59 Å². The number of amides is 2. The molecule has 6 heteroatoms. The van der Waals surface area contributed by atoms with E-state index in [-0.39, 0.29) is 29.5 Å². The zero-order valence-electron chi connectivity index (χ0n) is 12.4. The van der Waals surface area contributed by atoms with Gasteiger partial charge in [0.2, 0.25) is 5.91 Å². The second-order valence-corrected chi connectivity index (χ2v) is 5.36. The Balaban J connectivity index is 2.27. The predicted molar refractivity (Wildman–Crippen MR) is 78.7 cm³/mol. The molecule has 2 amide bonds. The van der Waals surface area contributed by atoms with Gasteiger partial charge in [0.1, 0.15) is 5.82 Å². The van der Waals surface area contributed by atoms with Crippen molar-refractivity contribution in [3.8, 4) is 0 Å². The number of piperazine rings is 1. The lowest BCUT2D eigenvalue weighted by Gasteiger charge is -2.38. The van der Waals surface area contributed by atoms with Crippen molar-refractivity contribution in [1.82, 2.24) is 10.2 Å². The zero-order chi connectivity index (χ0) is 15.6. The summed E-state index contributed by atoms with van der Waals surface area (Å²) in [6.45, 7) is 6.52. The molecule has 1 aliphatic rings. The highest BCUT2D eigenvalue weighted by Crippen LogP contribution is 2.19. The van der Waals surface area contributed by atoms with Crippen molar-refractivity contribution in [3.05, 3.63) is 29.6 Å². The summed E-state index contributed by atoms with van der Waals surface area (Å²) in [5.41, 5.74) is 0.408. The Labute approximate surface area is 123 Å². The average molecular weight is 293 g/mol. The quantitative estimate of drug-likeness (QED) is 0.871. The molecule has 0 aromatic heterocycles. The van der Waals surface area contributed by atoms with Crippen LogP contribution in [0.15, 0.2) is 18.2 Å². The number of nitrogens with zero attached hydrogens (tertiary/aromatic N) is 1. The van der Waals surface area contributed by atoms with Crippen LogP contribution < -0.4 is 10.6 Å². The third-order valence-electron chi connectivity index (χ3n) is 3.81. The molecule has 0 saturated carbocycles. The first-order chi connectivity index (χ1) is 9.90. The number of carbonyl (C=O) groups is 2. The van der Waals surface area contributed by atoms with E-state index < -0.39 is 5.82 Å². The monoisotopic (exact) mass is 293 g/mol. The van der Waals surface area contributed by atoms with E-state index in [2.05, 4.69) is 10.6 Å². The van der Waals surface area contributed by atoms with Crippen molar-refractivity contribution in [1.29, 1.82) is 0 Å². The number of nitrogens with one attached hydrogen (secondary N) is 2. The van der Waals surface area contributed by atoms with E-state index in [0.717, 1.165) is 0 Å². The van der Waals surface area contributed by atoms with Crippen LogP contribution >= 0.6 is 0 Å². The van der Waals surface area contributed by atoms with Gasteiger partial charge >= 0.3 is 0 Å². The molecule has 1 aromatic rings. The van der Waals surface area contributed by atoms with Gasteiger partial charge in [-0.05, 0) is 32.0 Å². The van der Waals surface area contributed by atoms with Crippen molar-refractivity contribution in [2.45, 2.75) is 32.9 Å². The highest BCUT2D eigenvalue weighted by molar-refractivity contribution is 5.97. The Morgan fingerprint density at radius 3 is 2.76 bits per heavy atom. The summed E-state index contributed by atoms with van der Waals surface area (Å²) < 4.78 is 14.0. The zero-order valence-corrected chi connectivity index (χ0v) is 12.4. The first kappa shape index (κ1) is 15.4. The molecular formula is C15H20FN3O2. The number of carbonyl (C=O) groups excluding carboxylic acids is 2. The van der Waals surface area contributed by atoms with Crippen LogP contribution in [0.2, 0.25) is 0 Å². The van der Waals surface area contributed by atoms with E-state index in [0.29, 0.717) is 18.8 Å². The van der Waals surface area contributed by atoms with E-state index in [4.69, 9.17) is 0 Å². The Kier molecular flexibility index (Phi) is 4.57. The molecule has 1 aliphatic heterocycles. The fourth-order valence-electron chi connectivity index (χ4n) is 2.47. The second kappa shape index (κ2) is 6.22. The van der Waals surface area contributed by atoms with Gasteiger partial charge in [-0.15, -0.1) is 0 Å². The molecule has 0 bridgehead atoms. The number of hydrogen-bond acceptors (Lipinski definition) is 3. The highest BCUT2D eigenvalue weighted by atomic mass is 19.1. The van der Waals surface area contributed by atoms with Gasteiger partial charge < -0.3 is 15.5 Å². The summed E-state index contributed by atoms with van der Waals surface area (Å²) >= 11 is 0. The third-order valence-corrected chi connectivity index (χ3v) is 3.81. The van der Waals surface area contributed by atoms with E-state index in [9.17, 15) is 14.0 Å². The van der Waals surface area contributed by atoms with Gasteiger partial charge in [-0.25, -0.2) is 4.39 Å². The smallest absolute Gasteiger partial charge is 0.257 e. The van der Waals surface area contributed by atoms with Gasteiger partial charge in [-0.1, -0.05) is 0 Å². The van der Waals surface area contributed by atoms with Gasteiger partial charge in [0.05, 0.1) is 5.56 Å². The van der Waals surface area contributed by atoms with Crippen LogP contribution in [0.1, 0.15) is 31.1 Å². The van der Waals surface area contributed by atoms with Crippen molar-refractivity contribution in [2.24, 2.45) is 0 Å². The molecule has 1 saturated heterocycles. The largest absolute Gasteiger partial charge is 0.333 e. The number of halogens is 1. The number of hydrogen-bond donors (Lipinski definition) is 2. The summed E-state index contributed by atoms with van der Waals surface area (Å²) in [6, 6.07) is 4.17. The Morgan fingerprint density at radius 2 is 2.10 bits per heavy atom. The normalized spacial score (nSPS) is 22.0. The molecule has 5 nitrogen and oxygen atoms in total. The molecule has 114 valence electrons. The molecule has 0 radical (unpaired) electrons. The summed E-state index contributed by atoms with van der Waals surface area (Å²) in [4.78, 5) is 25.3. The minimum absolute atomic E-state index is 0.0119. The fourth-order valence-corrected chi connectivity index (χ4v) is 2.47. The maximum atomic E-state index is 14.0. The lowest BCUT2D eigenvalue weighted by atomic mass is 10.0. The maximum absolute atomic E-state index is 14.0. The van der Waals surface area contributed by atoms with Crippen LogP contribution in [0.3, 0.4) is 0 Å². The molecule has 1 heterocycles. The number of rotatable bonds is 2. The second-order valence-electron chi connectivity index (χ2n) is 5.36. The lowest BCUT2D eigenvalue weighted by molar-refractivity contribution is -0.114. The van der Waals surface area contributed by atoms with Crippen molar-refractivity contribution in [2.75, 3.05) is 18.4 Å². The molecule has 21 heavy (non-hydrogen) atoms. The molecule has 0 aliphatic carbocycles. The minimum Gasteiger partial charge on any atom is -0.333 e. The minimum atomic E-state index is -0.576. The predicted octanol–water partition coefficient (Wildman–Crippen LogP) is 1.61. The Hall–Kier alpha value is -1.95. The first-order valence-corrected chi connectivity index (χ1v) is 7.01. The number of anilines is 1. The number of benzene rings is 1. The van der Waals surface area contributed by atoms with E-state index in [1.807, 2.05) is 13.8 Å². The van der Waals surface area contributed by atoms with Crippen LogP contribution in [-0.4, -0.2) is 41.9 Å². The van der Waals surface area contributed by atoms with Gasteiger partial charge in [0.25, 0.3) is 5.91 Å².